The number of carbonyl (C=O) groups is 2. The predicted molar refractivity (Wildman–Crippen MR) is 93.0 cm³/mol. The smallest absolute Gasteiger partial charge is 0.256 e. The minimum absolute atomic E-state index is 0.0313. The molecule has 3 N–H and O–H groups in total. The van der Waals surface area contributed by atoms with Gasteiger partial charge < -0.3 is 20.7 Å². The summed E-state index contributed by atoms with van der Waals surface area (Å²) < 4.78 is 5.36. The molecule has 1 fully saturated rings. The summed E-state index contributed by atoms with van der Waals surface area (Å²) in [7, 11) is 1.54. The number of amides is 2. The zero-order valence-electron chi connectivity index (χ0n) is 15.1. The molecule has 0 unspecified atom stereocenters. The van der Waals surface area contributed by atoms with Crippen LogP contribution in [0, 0.1) is 0 Å². The van der Waals surface area contributed by atoms with Crippen LogP contribution in [0.4, 0.5) is 0 Å². The summed E-state index contributed by atoms with van der Waals surface area (Å²) >= 11 is 0. The van der Waals surface area contributed by atoms with E-state index < -0.39 is 5.54 Å². The van der Waals surface area contributed by atoms with Crippen molar-refractivity contribution >= 4 is 11.8 Å². The van der Waals surface area contributed by atoms with Crippen LogP contribution in [0.3, 0.4) is 0 Å². The van der Waals surface area contributed by atoms with Crippen LogP contribution in [-0.2, 0) is 17.9 Å². The molecule has 3 rings (SSSR count). The molecule has 0 spiro atoms. The molecule has 2 heterocycles. The Labute approximate surface area is 147 Å². The van der Waals surface area contributed by atoms with Gasteiger partial charge in [-0.3, -0.25) is 9.59 Å². The van der Waals surface area contributed by atoms with Gasteiger partial charge in [-0.1, -0.05) is 12.8 Å². The molecule has 0 aromatic carbocycles. The van der Waals surface area contributed by atoms with Crippen LogP contribution < -0.4 is 15.8 Å². The summed E-state index contributed by atoms with van der Waals surface area (Å²) in [6.45, 7) is 4.05. The number of hydrogen-bond acceptors (Lipinski definition) is 5. The van der Waals surface area contributed by atoms with E-state index in [1.165, 1.54) is 12.8 Å². The lowest BCUT2D eigenvalue weighted by molar-refractivity contribution is -0.125. The van der Waals surface area contributed by atoms with E-state index in [-0.39, 0.29) is 18.4 Å². The van der Waals surface area contributed by atoms with Crippen LogP contribution in [0.5, 0.6) is 5.88 Å². The Morgan fingerprint density at radius 3 is 2.72 bits per heavy atom. The number of methoxy groups -OCH3 is 1. The first kappa shape index (κ1) is 17.7. The normalized spacial score (nSPS) is 17.8. The fourth-order valence-electron chi connectivity index (χ4n) is 3.49. The Morgan fingerprint density at radius 1 is 1.44 bits per heavy atom. The predicted octanol–water partition coefficient (Wildman–Crippen LogP) is 1.34. The second-order valence-corrected chi connectivity index (χ2v) is 7.43. The summed E-state index contributed by atoms with van der Waals surface area (Å²) in [4.78, 5) is 31.2. The van der Waals surface area contributed by atoms with Crippen molar-refractivity contribution in [1.82, 2.24) is 15.2 Å². The second-order valence-electron chi connectivity index (χ2n) is 7.43. The van der Waals surface area contributed by atoms with Gasteiger partial charge in [0.2, 0.25) is 11.8 Å². The maximum absolute atomic E-state index is 12.8. The molecular formula is C18H26N4O3. The lowest BCUT2D eigenvalue weighted by Crippen LogP contribution is -2.48. The SMILES string of the molecule is COc1nc2c(cc1CNC(=O)C(C)(C)N)C(=O)N(C1CCCC1)C2. The molecule has 1 aliphatic carbocycles. The van der Waals surface area contributed by atoms with Gasteiger partial charge in [0.05, 0.1) is 30.5 Å². The van der Waals surface area contributed by atoms with Gasteiger partial charge in [0, 0.05) is 18.2 Å². The van der Waals surface area contributed by atoms with Crippen LogP contribution in [0.2, 0.25) is 0 Å². The van der Waals surface area contributed by atoms with Crippen LogP contribution in [-0.4, -0.2) is 40.4 Å². The summed E-state index contributed by atoms with van der Waals surface area (Å²) in [5.74, 6) is 0.202. The molecule has 1 aromatic heterocycles. The average molecular weight is 346 g/mol. The number of ether oxygens (including phenoxy) is 1. The summed E-state index contributed by atoms with van der Waals surface area (Å²) in [6, 6.07) is 2.11. The van der Waals surface area contributed by atoms with Crippen LogP contribution >= 0.6 is 0 Å². The fourth-order valence-corrected chi connectivity index (χ4v) is 3.49. The van der Waals surface area contributed by atoms with Crippen molar-refractivity contribution in [2.24, 2.45) is 5.73 Å². The molecule has 0 saturated heterocycles. The summed E-state index contributed by atoms with van der Waals surface area (Å²) in [5.41, 5.74) is 6.88. The minimum atomic E-state index is -0.966. The molecule has 2 aliphatic rings. The fraction of sp³-hybridized carbons (Fsp3) is 0.611. The Morgan fingerprint density at radius 2 is 2.12 bits per heavy atom. The summed E-state index contributed by atoms with van der Waals surface area (Å²) in [6.07, 6.45) is 4.47. The van der Waals surface area contributed by atoms with Crippen LogP contribution in [0.1, 0.15) is 61.1 Å². The third-order valence-corrected chi connectivity index (χ3v) is 4.94. The number of aromatic nitrogens is 1. The van der Waals surface area contributed by atoms with Crippen molar-refractivity contribution in [3.63, 3.8) is 0 Å². The van der Waals surface area contributed by atoms with Crippen LogP contribution in [0.15, 0.2) is 6.07 Å². The Bertz CT molecular complexity index is 690. The maximum atomic E-state index is 12.8. The van der Waals surface area contributed by atoms with Crippen molar-refractivity contribution in [1.29, 1.82) is 0 Å². The molecule has 136 valence electrons. The molecule has 7 heteroatoms. The number of nitrogens with one attached hydrogen (secondary N) is 1. The van der Waals surface area contributed by atoms with Gasteiger partial charge in [0.25, 0.3) is 5.91 Å². The number of hydrogen-bond donors (Lipinski definition) is 2. The van der Waals surface area contributed by atoms with E-state index in [1.54, 1.807) is 27.0 Å². The van der Waals surface area contributed by atoms with Crippen molar-refractivity contribution in [3.8, 4) is 5.88 Å². The first-order valence-electron chi connectivity index (χ1n) is 8.76. The largest absolute Gasteiger partial charge is 0.481 e. The number of nitrogens with zero attached hydrogens (tertiary/aromatic N) is 2. The quantitative estimate of drug-likeness (QED) is 0.838. The molecule has 1 aliphatic heterocycles. The Kier molecular flexibility index (Phi) is 4.69. The van der Waals surface area contributed by atoms with E-state index in [0.717, 1.165) is 18.5 Å². The third-order valence-electron chi connectivity index (χ3n) is 4.94. The van der Waals surface area contributed by atoms with Crippen molar-refractivity contribution in [2.45, 2.75) is 64.2 Å². The molecule has 2 amide bonds. The first-order chi connectivity index (χ1) is 11.8. The zero-order valence-corrected chi connectivity index (χ0v) is 15.1. The molecular weight excluding hydrogens is 320 g/mol. The number of nitrogens with two attached hydrogens (primary N) is 1. The van der Waals surface area contributed by atoms with Gasteiger partial charge in [0.15, 0.2) is 0 Å². The molecule has 1 saturated carbocycles. The molecule has 0 bridgehead atoms. The van der Waals surface area contributed by atoms with Gasteiger partial charge in [-0.2, -0.15) is 0 Å². The van der Waals surface area contributed by atoms with E-state index in [0.29, 0.717) is 29.6 Å². The lowest BCUT2D eigenvalue weighted by atomic mass is 10.1. The molecule has 0 atom stereocenters. The van der Waals surface area contributed by atoms with Gasteiger partial charge >= 0.3 is 0 Å². The van der Waals surface area contributed by atoms with Gasteiger partial charge in [0.1, 0.15) is 0 Å². The second kappa shape index (κ2) is 6.63. The Balaban J connectivity index is 1.81. The number of rotatable bonds is 5. The van der Waals surface area contributed by atoms with Crippen LogP contribution in [0.25, 0.3) is 0 Å². The summed E-state index contributed by atoms with van der Waals surface area (Å²) in [5, 5.41) is 2.78. The number of fused-ring (bicyclic) bond motifs is 1. The monoisotopic (exact) mass is 346 g/mol. The standard InChI is InChI=1S/C18H26N4O3/c1-18(2,19)17(24)20-9-11-8-13-14(21-15(11)25-3)10-22(16(13)23)12-6-4-5-7-12/h8,12H,4-7,9-10,19H2,1-3H3,(H,20,24). The highest BCUT2D eigenvalue weighted by atomic mass is 16.5. The van der Waals surface area contributed by atoms with E-state index in [4.69, 9.17) is 10.5 Å². The topological polar surface area (TPSA) is 97.5 Å². The van der Waals surface area contributed by atoms with E-state index in [2.05, 4.69) is 10.3 Å². The maximum Gasteiger partial charge on any atom is 0.256 e. The highest BCUT2D eigenvalue weighted by molar-refractivity contribution is 5.98. The highest BCUT2D eigenvalue weighted by Crippen LogP contribution is 2.33. The van der Waals surface area contributed by atoms with Crippen molar-refractivity contribution in [2.75, 3.05) is 7.11 Å². The number of pyridine rings is 1. The molecule has 0 radical (unpaired) electrons. The van der Waals surface area contributed by atoms with Gasteiger partial charge in [-0.05, 0) is 32.8 Å². The van der Waals surface area contributed by atoms with Crippen molar-refractivity contribution in [3.05, 3.63) is 22.9 Å². The lowest BCUT2D eigenvalue weighted by Gasteiger charge is -2.22. The first-order valence-corrected chi connectivity index (χ1v) is 8.76. The van der Waals surface area contributed by atoms with Crippen molar-refractivity contribution < 1.29 is 14.3 Å². The van der Waals surface area contributed by atoms with Gasteiger partial charge in [-0.15, -0.1) is 0 Å². The van der Waals surface area contributed by atoms with E-state index in [9.17, 15) is 9.59 Å². The highest BCUT2D eigenvalue weighted by Gasteiger charge is 2.36. The minimum Gasteiger partial charge on any atom is -0.481 e. The van der Waals surface area contributed by atoms with E-state index >= 15 is 0 Å². The van der Waals surface area contributed by atoms with Gasteiger partial charge in [-0.25, -0.2) is 4.98 Å². The average Bonchev–Trinajstić information content (AvgIpc) is 3.19. The number of carbonyl (C=O) groups excluding carboxylic acids is 2. The molecule has 7 nitrogen and oxygen atoms in total. The molecule has 25 heavy (non-hydrogen) atoms. The zero-order chi connectivity index (χ0) is 18.2. The molecule has 1 aromatic rings. The third kappa shape index (κ3) is 3.46. The Hall–Kier alpha value is -2.15. The van der Waals surface area contributed by atoms with E-state index in [1.807, 2.05) is 4.90 Å².